The second kappa shape index (κ2) is 77.9. The summed E-state index contributed by atoms with van der Waals surface area (Å²) in [5.41, 5.74) is 7.57. The van der Waals surface area contributed by atoms with E-state index in [0.29, 0.717) is 5.69 Å². The van der Waals surface area contributed by atoms with Crippen LogP contribution in [-0.4, -0.2) is 0 Å². The zero-order chi connectivity index (χ0) is 15.1. The van der Waals surface area contributed by atoms with Gasteiger partial charge in [-0.15, -0.1) is 5.69 Å². The molecule has 0 fully saturated rings. The Kier molecular flexibility index (Phi) is 156. The fraction of sp³-hybridized carbons (Fsp3) is 0. The van der Waals surface area contributed by atoms with E-state index in [0.717, 1.165) is 0 Å². The first-order chi connectivity index (χ1) is 8.39. The van der Waals surface area contributed by atoms with Crippen molar-refractivity contribution in [3.8, 4) is 0 Å². The summed E-state index contributed by atoms with van der Waals surface area (Å²) in [5, 5.41) is 0. The molecule has 18 heavy (non-hydrogen) atoms. The van der Waals surface area contributed by atoms with Gasteiger partial charge in [-0.1, -0.05) is 30.3 Å². The van der Waals surface area contributed by atoms with E-state index in [1.807, 2.05) is 18.2 Å². The summed E-state index contributed by atoms with van der Waals surface area (Å²) >= 11 is 0. The Labute approximate surface area is 119 Å². The Morgan fingerprint density at radius 2 is 0.833 bits per heavy atom. The molecule has 7 heteroatoms. The molecule has 0 amide bonds. The molecular weight excluding hydrogens is 410 g/mol. The van der Waals surface area contributed by atoms with Gasteiger partial charge in [0.1, 0.15) is 0 Å². The van der Waals surface area contributed by atoms with Crippen molar-refractivity contribution in [2.24, 2.45) is 0 Å². The Hall–Kier alpha value is -1.59. The minimum Gasteiger partial charge on any atom is -0.699 e. The van der Waals surface area contributed by atoms with Gasteiger partial charge in [0.25, 0.3) is 0 Å². The second-order valence-corrected chi connectivity index (χ2v) is 1.37. The zero-order valence-corrected chi connectivity index (χ0v) is 11.8. The predicted octanol–water partition coefficient (Wildman–Crippen LogP) is 2.18. The molecule has 6 nitrogen and oxygen atoms in total. The molecule has 1 aromatic rings. The SMILES string of the molecule is [C-]#[O+].[C-]#[O+].[C-]#[O+].[C-]#[O+].[C-]#[O+].[NH-]c1ccccc1.[W]. The van der Waals surface area contributed by atoms with Gasteiger partial charge in [0.15, 0.2) is 0 Å². The van der Waals surface area contributed by atoms with Crippen molar-refractivity contribution in [3.63, 3.8) is 0 Å². The molecule has 0 aliphatic heterocycles. The molecule has 1 aromatic carbocycles. The molecule has 0 aliphatic carbocycles. The van der Waals surface area contributed by atoms with Crippen molar-refractivity contribution >= 4 is 5.69 Å². The summed E-state index contributed by atoms with van der Waals surface area (Å²) in [6.07, 6.45) is 0. The third-order valence-electron chi connectivity index (χ3n) is 0.774. The minimum absolute atomic E-state index is 0. The second-order valence-electron chi connectivity index (χ2n) is 1.37. The molecule has 0 spiro atoms. The van der Waals surface area contributed by atoms with Crippen LogP contribution in [0.15, 0.2) is 30.3 Å². The Balaban J connectivity index is -0.0000000285. The van der Waals surface area contributed by atoms with Gasteiger partial charge >= 0.3 is 56.5 Å². The largest absolute Gasteiger partial charge is 0.699 e. The number of benzene rings is 1. The number of rotatable bonds is 0. The van der Waals surface area contributed by atoms with Gasteiger partial charge in [-0.3, -0.25) is 0 Å². The monoisotopic (exact) mass is 416 g/mol. The molecule has 0 atom stereocenters. The van der Waals surface area contributed by atoms with Gasteiger partial charge in [0.2, 0.25) is 0 Å². The van der Waals surface area contributed by atoms with Crippen LogP contribution in [0.25, 0.3) is 5.73 Å². The summed E-state index contributed by atoms with van der Waals surface area (Å²) in [6.45, 7) is 22.5. The van der Waals surface area contributed by atoms with Gasteiger partial charge in [-0.2, -0.15) is 0 Å². The molecule has 0 bridgehead atoms. The van der Waals surface area contributed by atoms with Crippen LogP contribution in [0.5, 0.6) is 0 Å². The normalized spacial score (nSPS) is 3.89. The van der Waals surface area contributed by atoms with E-state index in [-0.39, 0.29) is 21.1 Å². The van der Waals surface area contributed by atoms with E-state index in [1.165, 1.54) is 0 Å². The van der Waals surface area contributed by atoms with E-state index in [4.69, 9.17) is 29.0 Å². The summed E-state index contributed by atoms with van der Waals surface area (Å²) in [4.78, 5) is 0. The van der Waals surface area contributed by atoms with Gasteiger partial charge in [-0.25, -0.2) is 0 Å². The Morgan fingerprint density at radius 3 is 0.944 bits per heavy atom. The van der Waals surface area contributed by atoms with Gasteiger partial charge in [0, 0.05) is 21.1 Å². The average Bonchev–Trinajstić information content (AvgIpc) is 2.50. The van der Waals surface area contributed by atoms with Crippen molar-refractivity contribution in [3.05, 3.63) is 69.3 Å². The third-order valence-corrected chi connectivity index (χ3v) is 0.774. The standard InChI is InChI=1S/C6H6N.5CO.W/c7-6-4-2-1-3-5-6;5*1-2;/h1-5,7H;;;;;;/q-1;;;;;;. The molecular formula is C11H6NO5W-. The van der Waals surface area contributed by atoms with Crippen LogP contribution in [-0.2, 0) is 44.3 Å². The third kappa shape index (κ3) is 63.1. The predicted molar refractivity (Wildman–Crippen MR) is 50.1 cm³/mol. The average molecular weight is 416 g/mol. The van der Waals surface area contributed by atoms with Crippen molar-refractivity contribution in [2.45, 2.75) is 0 Å². The van der Waals surface area contributed by atoms with Crippen LogP contribution in [0, 0.1) is 33.3 Å². The Bertz CT molecular complexity index is 281. The van der Waals surface area contributed by atoms with Crippen LogP contribution < -0.4 is 0 Å². The summed E-state index contributed by atoms with van der Waals surface area (Å²) in [7, 11) is 0. The van der Waals surface area contributed by atoms with Crippen LogP contribution in [0.3, 0.4) is 0 Å². The van der Waals surface area contributed by atoms with E-state index in [9.17, 15) is 0 Å². The summed E-state index contributed by atoms with van der Waals surface area (Å²) in [5.74, 6) is 0. The van der Waals surface area contributed by atoms with E-state index < -0.39 is 0 Å². The van der Waals surface area contributed by atoms with E-state index in [1.54, 1.807) is 12.1 Å². The topological polar surface area (TPSA) is 123 Å². The van der Waals surface area contributed by atoms with E-state index in [2.05, 4.69) is 33.3 Å². The van der Waals surface area contributed by atoms with Crippen molar-refractivity contribution in [1.29, 1.82) is 0 Å². The minimum atomic E-state index is 0. The molecule has 0 unspecified atom stereocenters. The smallest absolute Gasteiger partial charge is 0 e. The van der Waals surface area contributed by atoms with Crippen LogP contribution in [0.2, 0.25) is 0 Å². The zero-order valence-electron chi connectivity index (χ0n) is 8.84. The van der Waals surface area contributed by atoms with Crippen LogP contribution in [0.1, 0.15) is 0 Å². The first-order valence-corrected chi connectivity index (χ1v) is 3.18. The quantitative estimate of drug-likeness (QED) is 0.455. The number of hydrogen-bond donors (Lipinski definition) is 0. The maximum atomic E-state index is 7.50. The van der Waals surface area contributed by atoms with Crippen LogP contribution in [0.4, 0.5) is 5.69 Å². The van der Waals surface area contributed by atoms with E-state index >= 15 is 0 Å². The fourth-order valence-electron chi connectivity index (χ4n) is 0.438. The summed E-state index contributed by atoms with van der Waals surface area (Å²) in [6, 6.07) is 9.10. The molecule has 0 aliphatic rings. The van der Waals surface area contributed by atoms with Gasteiger partial charge in [-0.05, 0) is 0 Å². The van der Waals surface area contributed by atoms with Crippen molar-refractivity contribution in [2.75, 3.05) is 0 Å². The van der Waals surface area contributed by atoms with Gasteiger partial charge < -0.3 is 5.73 Å². The molecule has 1 rings (SSSR count). The first-order valence-electron chi connectivity index (χ1n) is 3.18. The maximum absolute atomic E-state index is 7.50. The fourth-order valence-corrected chi connectivity index (χ4v) is 0.438. The van der Waals surface area contributed by atoms with Gasteiger partial charge in [0.05, 0.1) is 0 Å². The molecule has 92 valence electrons. The molecule has 0 heterocycles. The molecule has 1 N–H and O–H groups in total. The number of hydrogen-bond acceptors (Lipinski definition) is 0. The summed E-state index contributed by atoms with van der Waals surface area (Å²) < 4.78 is 37.5. The maximum Gasteiger partial charge on any atom is 0 e. The van der Waals surface area contributed by atoms with Crippen LogP contribution >= 0.6 is 0 Å². The molecule has 0 saturated carbocycles. The van der Waals surface area contributed by atoms with Crippen molar-refractivity contribution < 1.29 is 44.3 Å². The molecule has 0 aromatic heterocycles. The Morgan fingerprint density at radius 1 is 0.611 bits per heavy atom. The number of nitrogens with one attached hydrogen (secondary N) is 1. The first kappa shape index (κ1) is 36.0. The molecule has 0 saturated heterocycles. The molecule has 0 radical (unpaired) electrons. The van der Waals surface area contributed by atoms with Crippen molar-refractivity contribution in [1.82, 2.24) is 0 Å².